The summed E-state index contributed by atoms with van der Waals surface area (Å²) in [5.74, 6) is -0.0442. The van der Waals surface area contributed by atoms with E-state index in [4.69, 9.17) is 9.47 Å². The molecular formula is C15H21N3O3. The lowest BCUT2D eigenvalue weighted by Gasteiger charge is -2.38. The molecule has 1 amide bonds. The van der Waals surface area contributed by atoms with Gasteiger partial charge in [0, 0.05) is 38.5 Å². The Kier molecular flexibility index (Phi) is 4.17. The zero-order chi connectivity index (χ0) is 14.7. The van der Waals surface area contributed by atoms with Gasteiger partial charge < -0.3 is 14.4 Å². The monoisotopic (exact) mass is 291 g/mol. The Morgan fingerprint density at radius 2 is 2.29 bits per heavy atom. The van der Waals surface area contributed by atoms with Gasteiger partial charge in [0.05, 0.1) is 24.5 Å². The molecule has 3 rings (SSSR count). The van der Waals surface area contributed by atoms with E-state index in [-0.39, 0.29) is 17.6 Å². The van der Waals surface area contributed by atoms with Crippen molar-refractivity contribution in [2.45, 2.75) is 37.9 Å². The van der Waals surface area contributed by atoms with E-state index in [0.29, 0.717) is 25.4 Å². The van der Waals surface area contributed by atoms with Gasteiger partial charge in [-0.3, -0.25) is 9.78 Å². The van der Waals surface area contributed by atoms with Crippen molar-refractivity contribution in [1.29, 1.82) is 0 Å². The van der Waals surface area contributed by atoms with E-state index in [0.717, 1.165) is 25.9 Å². The van der Waals surface area contributed by atoms with Crippen LogP contribution in [0.5, 0.6) is 0 Å². The second-order valence-corrected chi connectivity index (χ2v) is 5.66. The highest BCUT2D eigenvalue weighted by molar-refractivity contribution is 5.92. The zero-order valence-electron chi connectivity index (χ0n) is 12.3. The van der Waals surface area contributed by atoms with Gasteiger partial charge in [0.15, 0.2) is 0 Å². The van der Waals surface area contributed by atoms with Crippen LogP contribution < -0.4 is 0 Å². The average molecular weight is 291 g/mol. The molecule has 0 unspecified atom stereocenters. The fourth-order valence-electron chi connectivity index (χ4n) is 3.18. The first-order chi connectivity index (χ1) is 10.2. The van der Waals surface area contributed by atoms with Crippen LogP contribution in [0.1, 0.15) is 36.7 Å². The highest BCUT2D eigenvalue weighted by atomic mass is 16.6. The van der Waals surface area contributed by atoms with Crippen molar-refractivity contribution in [2.75, 3.05) is 26.3 Å². The van der Waals surface area contributed by atoms with Gasteiger partial charge >= 0.3 is 0 Å². The number of amides is 1. The number of nitrogens with zero attached hydrogens (tertiary/aromatic N) is 3. The van der Waals surface area contributed by atoms with Crippen LogP contribution in [0, 0.1) is 0 Å². The third kappa shape index (κ3) is 3.06. The lowest BCUT2D eigenvalue weighted by molar-refractivity contribution is -0.0408. The standard InChI is InChI=1S/C15H21N3O3/c1-2-20-12-9-15(21-11-12)3-7-18(8-4-15)14(19)13-10-16-5-6-17-13/h5-6,10,12H,2-4,7-9,11H2,1H3/t12-/m1/s1. The van der Waals surface area contributed by atoms with E-state index >= 15 is 0 Å². The molecule has 2 fully saturated rings. The highest BCUT2D eigenvalue weighted by Crippen LogP contribution is 2.37. The molecule has 2 aliphatic rings. The molecule has 0 saturated carbocycles. The van der Waals surface area contributed by atoms with Crippen molar-refractivity contribution in [1.82, 2.24) is 14.9 Å². The second-order valence-electron chi connectivity index (χ2n) is 5.66. The van der Waals surface area contributed by atoms with Gasteiger partial charge in [-0.15, -0.1) is 0 Å². The van der Waals surface area contributed by atoms with Crippen molar-refractivity contribution in [3.63, 3.8) is 0 Å². The van der Waals surface area contributed by atoms with Gasteiger partial charge in [-0.05, 0) is 19.8 Å². The molecule has 21 heavy (non-hydrogen) atoms. The number of rotatable bonds is 3. The quantitative estimate of drug-likeness (QED) is 0.839. The number of aromatic nitrogens is 2. The summed E-state index contributed by atoms with van der Waals surface area (Å²) in [7, 11) is 0. The van der Waals surface area contributed by atoms with E-state index in [9.17, 15) is 4.79 Å². The lowest BCUT2D eigenvalue weighted by Crippen LogP contribution is -2.46. The molecule has 1 aromatic rings. The van der Waals surface area contributed by atoms with Crippen molar-refractivity contribution in [3.05, 3.63) is 24.3 Å². The molecule has 1 spiro atoms. The first kappa shape index (κ1) is 14.4. The van der Waals surface area contributed by atoms with Crippen molar-refractivity contribution < 1.29 is 14.3 Å². The number of piperidine rings is 1. The normalized spacial score (nSPS) is 24.4. The Balaban J connectivity index is 1.57. The van der Waals surface area contributed by atoms with E-state index < -0.39 is 0 Å². The van der Waals surface area contributed by atoms with Crippen molar-refractivity contribution >= 4 is 5.91 Å². The number of hydrogen-bond donors (Lipinski definition) is 0. The predicted octanol–water partition coefficient (Wildman–Crippen LogP) is 1.28. The number of hydrogen-bond acceptors (Lipinski definition) is 5. The van der Waals surface area contributed by atoms with Crippen LogP contribution in [0.25, 0.3) is 0 Å². The van der Waals surface area contributed by atoms with Gasteiger partial charge in [-0.1, -0.05) is 0 Å². The second kappa shape index (κ2) is 6.07. The van der Waals surface area contributed by atoms with Crippen LogP contribution in [-0.2, 0) is 9.47 Å². The van der Waals surface area contributed by atoms with Gasteiger partial charge in [0.25, 0.3) is 5.91 Å². The minimum Gasteiger partial charge on any atom is -0.376 e. The fraction of sp³-hybridized carbons (Fsp3) is 0.667. The van der Waals surface area contributed by atoms with E-state index in [1.165, 1.54) is 6.20 Å². The molecule has 2 saturated heterocycles. The molecule has 2 aliphatic heterocycles. The third-order valence-electron chi connectivity index (χ3n) is 4.32. The Morgan fingerprint density at radius 3 is 2.95 bits per heavy atom. The van der Waals surface area contributed by atoms with Crippen LogP contribution in [0.3, 0.4) is 0 Å². The van der Waals surface area contributed by atoms with Gasteiger partial charge in [0.1, 0.15) is 5.69 Å². The SMILES string of the molecule is CCO[C@H]1COC2(CCN(C(=O)c3cnccn3)CC2)C1. The Bertz CT molecular complexity index is 486. The largest absolute Gasteiger partial charge is 0.376 e. The first-order valence-electron chi connectivity index (χ1n) is 7.53. The van der Waals surface area contributed by atoms with Crippen molar-refractivity contribution in [2.24, 2.45) is 0 Å². The summed E-state index contributed by atoms with van der Waals surface area (Å²) in [6, 6.07) is 0. The lowest BCUT2D eigenvalue weighted by atomic mass is 9.88. The maximum Gasteiger partial charge on any atom is 0.274 e. The molecule has 114 valence electrons. The molecule has 0 bridgehead atoms. The zero-order valence-corrected chi connectivity index (χ0v) is 12.3. The maximum atomic E-state index is 12.3. The predicted molar refractivity (Wildman–Crippen MR) is 75.9 cm³/mol. The summed E-state index contributed by atoms with van der Waals surface area (Å²) in [6.07, 6.45) is 7.51. The summed E-state index contributed by atoms with van der Waals surface area (Å²) in [6.45, 7) is 4.81. The molecule has 0 aliphatic carbocycles. The first-order valence-corrected chi connectivity index (χ1v) is 7.53. The summed E-state index contributed by atoms with van der Waals surface area (Å²) >= 11 is 0. The molecule has 6 heteroatoms. The van der Waals surface area contributed by atoms with E-state index in [1.807, 2.05) is 11.8 Å². The molecule has 1 atom stereocenters. The molecule has 6 nitrogen and oxygen atoms in total. The van der Waals surface area contributed by atoms with Crippen LogP contribution in [0.15, 0.2) is 18.6 Å². The minimum atomic E-state index is -0.0982. The summed E-state index contributed by atoms with van der Waals surface area (Å²) < 4.78 is 11.6. The molecule has 3 heterocycles. The number of likely N-dealkylation sites (tertiary alicyclic amines) is 1. The maximum absolute atomic E-state index is 12.3. The van der Waals surface area contributed by atoms with Crippen LogP contribution in [0.4, 0.5) is 0 Å². The van der Waals surface area contributed by atoms with Crippen molar-refractivity contribution in [3.8, 4) is 0 Å². The molecule has 0 aromatic carbocycles. The molecule has 0 N–H and O–H groups in total. The van der Waals surface area contributed by atoms with Crippen LogP contribution in [0.2, 0.25) is 0 Å². The van der Waals surface area contributed by atoms with Crippen LogP contribution in [-0.4, -0.2) is 58.8 Å². The fourth-order valence-corrected chi connectivity index (χ4v) is 3.18. The molecule has 1 aromatic heterocycles. The smallest absolute Gasteiger partial charge is 0.274 e. The Hall–Kier alpha value is -1.53. The number of carbonyl (C=O) groups excluding carboxylic acids is 1. The van der Waals surface area contributed by atoms with Gasteiger partial charge in [0.2, 0.25) is 0 Å². The summed E-state index contributed by atoms with van der Waals surface area (Å²) in [5.41, 5.74) is 0.312. The van der Waals surface area contributed by atoms with E-state index in [2.05, 4.69) is 9.97 Å². The number of ether oxygens (including phenoxy) is 2. The average Bonchev–Trinajstić information content (AvgIpc) is 2.91. The Labute approximate surface area is 124 Å². The highest BCUT2D eigenvalue weighted by Gasteiger charge is 2.43. The van der Waals surface area contributed by atoms with Crippen LogP contribution >= 0.6 is 0 Å². The topological polar surface area (TPSA) is 64.6 Å². The van der Waals surface area contributed by atoms with Gasteiger partial charge in [-0.25, -0.2) is 4.98 Å². The number of carbonyl (C=O) groups is 1. The Morgan fingerprint density at radius 1 is 1.48 bits per heavy atom. The molecular weight excluding hydrogens is 270 g/mol. The van der Waals surface area contributed by atoms with E-state index in [1.54, 1.807) is 12.4 Å². The minimum absolute atomic E-state index is 0.0442. The summed E-state index contributed by atoms with van der Waals surface area (Å²) in [4.78, 5) is 22.2. The summed E-state index contributed by atoms with van der Waals surface area (Å²) in [5, 5.41) is 0. The third-order valence-corrected chi connectivity index (χ3v) is 4.32. The van der Waals surface area contributed by atoms with Gasteiger partial charge in [-0.2, -0.15) is 0 Å². The molecule has 0 radical (unpaired) electrons.